The first-order valence-corrected chi connectivity index (χ1v) is 9.23. The van der Waals surface area contributed by atoms with Crippen LogP contribution in [0, 0.1) is 5.82 Å². The Bertz CT molecular complexity index is 872. The SMILES string of the molecule is CCC(NC(=O)c1ccc(-c2ccc(F)cc2)s1)c1ccc(OC)cc1. The molecule has 1 unspecified atom stereocenters. The van der Waals surface area contributed by atoms with Gasteiger partial charge in [-0.15, -0.1) is 11.3 Å². The molecule has 26 heavy (non-hydrogen) atoms. The first-order chi connectivity index (χ1) is 12.6. The average Bonchev–Trinajstić information content (AvgIpc) is 3.17. The minimum Gasteiger partial charge on any atom is -0.497 e. The van der Waals surface area contributed by atoms with Gasteiger partial charge in [-0.3, -0.25) is 4.79 Å². The first-order valence-electron chi connectivity index (χ1n) is 8.41. The maximum atomic E-state index is 13.1. The number of amides is 1. The van der Waals surface area contributed by atoms with E-state index < -0.39 is 0 Å². The highest BCUT2D eigenvalue weighted by molar-refractivity contribution is 7.17. The monoisotopic (exact) mass is 369 g/mol. The van der Waals surface area contributed by atoms with Crippen molar-refractivity contribution in [3.05, 3.63) is 76.9 Å². The van der Waals surface area contributed by atoms with Crippen molar-refractivity contribution in [1.82, 2.24) is 5.32 Å². The van der Waals surface area contributed by atoms with E-state index in [9.17, 15) is 9.18 Å². The van der Waals surface area contributed by atoms with E-state index in [4.69, 9.17) is 4.74 Å². The molecule has 0 aliphatic carbocycles. The number of carbonyl (C=O) groups excluding carboxylic acids is 1. The Labute approximate surface area is 156 Å². The van der Waals surface area contributed by atoms with E-state index in [-0.39, 0.29) is 17.8 Å². The Morgan fingerprint density at radius 1 is 1.08 bits per heavy atom. The molecule has 0 spiro atoms. The van der Waals surface area contributed by atoms with Gasteiger partial charge in [0.05, 0.1) is 18.0 Å². The van der Waals surface area contributed by atoms with Gasteiger partial charge in [-0.1, -0.05) is 31.2 Å². The molecule has 134 valence electrons. The normalized spacial score (nSPS) is 11.8. The summed E-state index contributed by atoms with van der Waals surface area (Å²) in [4.78, 5) is 14.2. The molecule has 2 aromatic carbocycles. The maximum absolute atomic E-state index is 13.1. The summed E-state index contributed by atoms with van der Waals surface area (Å²) in [5.41, 5.74) is 1.94. The number of ether oxygens (including phenoxy) is 1. The highest BCUT2D eigenvalue weighted by atomic mass is 32.1. The summed E-state index contributed by atoms with van der Waals surface area (Å²) in [6.07, 6.45) is 0.786. The molecule has 1 amide bonds. The quantitative estimate of drug-likeness (QED) is 0.628. The van der Waals surface area contributed by atoms with E-state index in [1.807, 2.05) is 37.3 Å². The molecular formula is C21H20FNO2S. The minimum absolute atomic E-state index is 0.0650. The van der Waals surface area contributed by atoms with Gasteiger partial charge in [0.25, 0.3) is 5.91 Å². The molecule has 0 saturated carbocycles. The van der Waals surface area contributed by atoms with E-state index in [1.54, 1.807) is 25.3 Å². The van der Waals surface area contributed by atoms with Crippen LogP contribution in [0.4, 0.5) is 4.39 Å². The number of methoxy groups -OCH3 is 1. The van der Waals surface area contributed by atoms with Crippen molar-refractivity contribution in [2.75, 3.05) is 7.11 Å². The summed E-state index contributed by atoms with van der Waals surface area (Å²) >= 11 is 1.40. The first kappa shape index (κ1) is 18.1. The van der Waals surface area contributed by atoms with Gasteiger partial charge in [0, 0.05) is 4.88 Å². The van der Waals surface area contributed by atoms with E-state index in [1.165, 1.54) is 23.5 Å². The van der Waals surface area contributed by atoms with Crippen molar-refractivity contribution in [3.8, 4) is 16.2 Å². The Morgan fingerprint density at radius 2 is 1.77 bits per heavy atom. The van der Waals surface area contributed by atoms with Crippen molar-refractivity contribution in [2.24, 2.45) is 0 Å². The lowest BCUT2D eigenvalue weighted by atomic mass is 10.0. The number of thiophene rings is 1. The zero-order valence-electron chi connectivity index (χ0n) is 14.7. The molecule has 3 aromatic rings. The lowest BCUT2D eigenvalue weighted by Gasteiger charge is -2.17. The van der Waals surface area contributed by atoms with Crippen molar-refractivity contribution in [1.29, 1.82) is 0 Å². The fraction of sp³-hybridized carbons (Fsp3) is 0.190. The Kier molecular flexibility index (Phi) is 5.68. The Morgan fingerprint density at radius 3 is 2.38 bits per heavy atom. The van der Waals surface area contributed by atoms with Crippen LogP contribution in [-0.2, 0) is 0 Å². The van der Waals surface area contributed by atoms with Crippen molar-refractivity contribution >= 4 is 17.2 Å². The summed E-state index contributed by atoms with van der Waals surface area (Å²) in [6.45, 7) is 2.04. The third kappa shape index (κ3) is 4.11. The highest BCUT2D eigenvalue weighted by Gasteiger charge is 2.16. The number of hydrogen-bond acceptors (Lipinski definition) is 3. The van der Waals surface area contributed by atoms with Gasteiger partial charge in [-0.2, -0.15) is 0 Å². The van der Waals surface area contributed by atoms with Crippen LogP contribution in [0.5, 0.6) is 5.75 Å². The Balaban J connectivity index is 1.73. The van der Waals surface area contributed by atoms with Crippen LogP contribution in [0.15, 0.2) is 60.7 Å². The van der Waals surface area contributed by atoms with Gasteiger partial charge in [-0.25, -0.2) is 4.39 Å². The summed E-state index contributed by atoms with van der Waals surface area (Å²) in [5, 5.41) is 3.08. The zero-order valence-corrected chi connectivity index (χ0v) is 15.5. The van der Waals surface area contributed by atoms with Gasteiger partial charge < -0.3 is 10.1 Å². The van der Waals surface area contributed by atoms with Gasteiger partial charge in [-0.05, 0) is 53.9 Å². The Hall–Kier alpha value is -2.66. The predicted octanol–water partition coefficient (Wildman–Crippen LogP) is 5.44. The van der Waals surface area contributed by atoms with Crippen molar-refractivity contribution in [2.45, 2.75) is 19.4 Å². The number of rotatable bonds is 6. The number of nitrogens with one attached hydrogen (secondary N) is 1. The smallest absolute Gasteiger partial charge is 0.261 e. The highest BCUT2D eigenvalue weighted by Crippen LogP contribution is 2.29. The number of carbonyl (C=O) groups is 1. The predicted molar refractivity (Wildman–Crippen MR) is 103 cm³/mol. The fourth-order valence-corrected chi connectivity index (χ4v) is 3.63. The zero-order chi connectivity index (χ0) is 18.5. The molecule has 3 nitrogen and oxygen atoms in total. The summed E-state index contributed by atoms with van der Waals surface area (Å²) in [5.74, 6) is 0.414. The van der Waals surface area contributed by atoms with Gasteiger partial charge >= 0.3 is 0 Å². The number of benzene rings is 2. The molecule has 0 fully saturated rings. The molecule has 1 heterocycles. The second-order valence-corrected chi connectivity index (χ2v) is 6.96. The van der Waals surface area contributed by atoms with Crippen LogP contribution in [0.25, 0.3) is 10.4 Å². The standard InChI is InChI=1S/C21H20FNO2S/c1-3-18(14-6-10-17(25-2)11-7-14)23-21(24)20-13-12-19(26-20)15-4-8-16(22)9-5-15/h4-13,18H,3H2,1-2H3,(H,23,24). The third-order valence-electron chi connectivity index (χ3n) is 4.19. The topological polar surface area (TPSA) is 38.3 Å². The lowest BCUT2D eigenvalue weighted by Crippen LogP contribution is -2.27. The molecule has 0 bridgehead atoms. The van der Waals surface area contributed by atoms with Crippen LogP contribution in [-0.4, -0.2) is 13.0 Å². The third-order valence-corrected chi connectivity index (χ3v) is 5.32. The van der Waals surface area contributed by atoms with E-state index in [0.717, 1.165) is 28.2 Å². The molecule has 1 atom stereocenters. The second kappa shape index (κ2) is 8.15. The largest absolute Gasteiger partial charge is 0.497 e. The summed E-state index contributed by atoms with van der Waals surface area (Å²) < 4.78 is 18.2. The van der Waals surface area contributed by atoms with Crippen LogP contribution in [0.1, 0.15) is 34.6 Å². The van der Waals surface area contributed by atoms with Crippen molar-refractivity contribution in [3.63, 3.8) is 0 Å². The number of halogens is 1. The molecule has 0 radical (unpaired) electrons. The van der Waals surface area contributed by atoms with Gasteiger partial charge in [0.2, 0.25) is 0 Å². The average molecular weight is 369 g/mol. The summed E-state index contributed by atoms with van der Waals surface area (Å²) in [7, 11) is 1.63. The van der Waals surface area contributed by atoms with E-state index in [0.29, 0.717) is 4.88 Å². The number of hydrogen-bond donors (Lipinski definition) is 1. The second-order valence-electron chi connectivity index (χ2n) is 5.88. The van der Waals surface area contributed by atoms with Gasteiger partial charge in [0.1, 0.15) is 11.6 Å². The molecule has 5 heteroatoms. The van der Waals surface area contributed by atoms with E-state index >= 15 is 0 Å². The van der Waals surface area contributed by atoms with Crippen LogP contribution >= 0.6 is 11.3 Å². The van der Waals surface area contributed by atoms with Crippen LogP contribution < -0.4 is 10.1 Å². The molecule has 3 rings (SSSR count). The van der Waals surface area contributed by atoms with Crippen LogP contribution in [0.2, 0.25) is 0 Å². The molecule has 1 N–H and O–H groups in total. The van der Waals surface area contributed by atoms with Gasteiger partial charge in [0.15, 0.2) is 0 Å². The maximum Gasteiger partial charge on any atom is 0.261 e. The molecule has 1 aromatic heterocycles. The minimum atomic E-state index is -0.270. The molecule has 0 aliphatic heterocycles. The molecular weight excluding hydrogens is 349 g/mol. The molecule has 0 aliphatic rings. The molecule has 0 saturated heterocycles. The van der Waals surface area contributed by atoms with Crippen LogP contribution in [0.3, 0.4) is 0 Å². The lowest BCUT2D eigenvalue weighted by molar-refractivity contribution is 0.0939. The summed E-state index contributed by atoms with van der Waals surface area (Å²) in [6, 6.07) is 17.6. The van der Waals surface area contributed by atoms with Crippen molar-refractivity contribution < 1.29 is 13.9 Å². The van der Waals surface area contributed by atoms with E-state index in [2.05, 4.69) is 5.32 Å². The fourth-order valence-electron chi connectivity index (χ4n) is 2.72.